The maximum atomic E-state index is 13.0. The van der Waals surface area contributed by atoms with E-state index in [4.69, 9.17) is 0 Å². The summed E-state index contributed by atoms with van der Waals surface area (Å²) in [5, 5.41) is 2.69. The van der Waals surface area contributed by atoms with E-state index in [1.807, 2.05) is 25.3 Å². The predicted molar refractivity (Wildman–Crippen MR) is 80.2 cm³/mol. The molecule has 0 bridgehead atoms. The molecule has 0 radical (unpaired) electrons. The van der Waals surface area contributed by atoms with Crippen LogP contribution in [0.4, 0.5) is 14.5 Å². The first-order valence-electron chi connectivity index (χ1n) is 7.18. The van der Waals surface area contributed by atoms with Crippen LogP contribution < -0.4 is 14.8 Å². The van der Waals surface area contributed by atoms with E-state index in [2.05, 4.69) is 14.8 Å². The zero-order valence-electron chi connectivity index (χ0n) is 12.9. The second kappa shape index (κ2) is 5.26. The largest absolute Gasteiger partial charge is 0.586 e. The normalized spacial score (nSPS) is 14.8. The van der Waals surface area contributed by atoms with Crippen molar-refractivity contribution in [2.24, 2.45) is 0 Å². The smallest absolute Gasteiger partial charge is 0.395 e. The van der Waals surface area contributed by atoms with Gasteiger partial charge in [-0.05, 0) is 39.0 Å². The Kier molecular flexibility index (Phi) is 3.50. The van der Waals surface area contributed by atoms with Gasteiger partial charge in [-0.3, -0.25) is 4.79 Å². The number of aryl methyl sites for hydroxylation is 1. The average molecular weight is 322 g/mol. The molecule has 3 rings (SSSR count). The van der Waals surface area contributed by atoms with Gasteiger partial charge in [-0.15, -0.1) is 8.78 Å². The number of carbonyl (C=O) groups excluding carboxylic acids is 1. The quantitative estimate of drug-likeness (QED) is 0.937. The molecule has 1 aliphatic rings. The zero-order valence-corrected chi connectivity index (χ0v) is 12.9. The number of aromatic nitrogens is 1. The van der Waals surface area contributed by atoms with E-state index in [0.29, 0.717) is 11.3 Å². The number of fused-ring (bicyclic) bond motifs is 1. The van der Waals surface area contributed by atoms with Crippen LogP contribution in [-0.4, -0.2) is 16.8 Å². The molecule has 0 saturated carbocycles. The molecule has 1 aliphatic heterocycles. The van der Waals surface area contributed by atoms with Crippen LogP contribution in [0.15, 0.2) is 24.3 Å². The van der Waals surface area contributed by atoms with Crippen molar-refractivity contribution in [1.29, 1.82) is 0 Å². The number of carbonyl (C=O) groups is 1. The minimum absolute atomic E-state index is 0.0582. The average Bonchev–Trinajstić information content (AvgIpc) is 2.93. The molecule has 1 N–H and O–H groups in total. The van der Waals surface area contributed by atoms with E-state index < -0.39 is 6.29 Å². The predicted octanol–water partition coefficient (Wildman–Crippen LogP) is 3.70. The molecule has 0 atom stereocenters. The van der Waals surface area contributed by atoms with Gasteiger partial charge in [-0.1, -0.05) is 0 Å². The maximum absolute atomic E-state index is 13.0. The summed E-state index contributed by atoms with van der Waals surface area (Å²) in [6.07, 6.45) is -3.67. The molecule has 23 heavy (non-hydrogen) atoms. The Balaban J connectivity index is 1.82. The van der Waals surface area contributed by atoms with Gasteiger partial charge in [0.2, 0.25) is 0 Å². The molecule has 5 nitrogen and oxygen atoms in total. The van der Waals surface area contributed by atoms with Gasteiger partial charge in [-0.25, -0.2) is 0 Å². The fourth-order valence-electron chi connectivity index (χ4n) is 2.74. The summed E-state index contributed by atoms with van der Waals surface area (Å²) in [5.74, 6) is -0.465. The van der Waals surface area contributed by atoms with E-state index in [1.54, 1.807) is 6.07 Å². The van der Waals surface area contributed by atoms with E-state index in [-0.39, 0.29) is 17.4 Å². The highest BCUT2D eigenvalue weighted by atomic mass is 19.3. The first-order valence-corrected chi connectivity index (χ1v) is 7.18. The second-order valence-corrected chi connectivity index (χ2v) is 5.31. The zero-order chi connectivity index (χ0) is 16.8. The Bertz CT molecular complexity index is 784. The number of alkyl halides is 2. The van der Waals surface area contributed by atoms with Crippen molar-refractivity contribution in [3.05, 3.63) is 41.2 Å². The van der Waals surface area contributed by atoms with Crippen molar-refractivity contribution < 1.29 is 23.0 Å². The number of halogens is 2. The lowest BCUT2D eigenvalue weighted by Gasteiger charge is -2.07. The van der Waals surface area contributed by atoms with Crippen LogP contribution in [-0.2, 0) is 6.54 Å². The van der Waals surface area contributed by atoms with E-state index in [9.17, 15) is 13.6 Å². The Morgan fingerprint density at radius 2 is 1.91 bits per heavy atom. The third kappa shape index (κ3) is 2.74. The molecular weight excluding hydrogens is 306 g/mol. The number of nitrogens with zero attached hydrogens (tertiary/aromatic N) is 1. The Morgan fingerprint density at radius 1 is 1.22 bits per heavy atom. The van der Waals surface area contributed by atoms with Crippen LogP contribution in [0.1, 0.15) is 28.7 Å². The van der Waals surface area contributed by atoms with Gasteiger partial charge in [0.1, 0.15) is 0 Å². The van der Waals surface area contributed by atoms with Crippen molar-refractivity contribution in [3.8, 4) is 11.5 Å². The SMILES string of the molecule is CCn1c(C)cc(C(=O)Nc2ccc3c(c2)OC(F)(F)O3)c1C. The van der Waals surface area contributed by atoms with Gasteiger partial charge in [0.05, 0.1) is 5.56 Å². The monoisotopic (exact) mass is 322 g/mol. The van der Waals surface area contributed by atoms with E-state index >= 15 is 0 Å². The van der Waals surface area contributed by atoms with Crippen LogP contribution >= 0.6 is 0 Å². The molecule has 1 aromatic carbocycles. The molecule has 0 spiro atoms. The molecule has 2 aromatic rings. The van der Waals surface area contributed by atoms with Gasteiger partial charge in [-0.2, -0.15) is 0 Å². The molecule has 7 heteroatoms. The molecule has 0 fully saturated rings. The van der Waals surface area contributed by atoms with Crippen LogP contribution in [0.2, 0.25) is 0 Å². The number of anilines is 1. The van der Waals surface area contributed by atoms with E-state index in [1.165, 1.54) is 18.2 Å². The van der Waals surface area contributed by atoms with Crippen molar-refractivity contribution >= 4 is 11.6 Å². The highest BCUT2D eigenvalue weighted by Gasteiger charge is 2.43. The molecule has 122 valence electrons. The van der Waals surface area contributed by atoms with Crippen molar-refractivity contribution in [2.45, 2.75) is 33.6 Å². The minimum Gasteiger partial charge on any atom is -0.395 e. The standard InChI is InChI=1S/C16H16F2N2O3/c1-4-20-9(2)7-12(10(20)3)15(21)19-11-5-6-13-14(8-11)23-16(17,18)22-13/h5-8H,4H2,1-3H3,(H,19,21). The number of rotatable bonds is 3. The molecule has 1 amide bonds. The van der Waals surface area contributed by atoms with Gasteiger partial charge in [0.25, 0.3) is 5.91 Å². The first kappa shape index (κ1) is 15.3. The van der Waals surface area contributed by atoms with E-state index in [0.717, 1.165) is 17.9 Å². The summed E-state index contributed by atoms with van der Waals surface area (Å²) < 4.78 is 36.7. The van der Waals surface area contributed by atoms with Gasteiger partial charge < -0.3 is 19.4 Å². The molecular formula is C16H16F2N2O3. The lowest BCUT2D eigenvalue weighted by molar-refractivity contribution is -0.286. The van der Waals surface area contributed by atoms with Crippen LogP contribution in [0.3, 0.4) is 0 Å². The van der Waals surface area contributed by atoms with Crippen LogP contribution in [0.25, 0.3) is 0 Å². The number of hydrogen-bond acceptors (Lipinski definition) is 3. The summed E-state index contributed by atoms with van der Waals surface area (Å²) in [5.41, 5.74) is 2.75. The fourth-order valence-corrected chi connectivity index (χ4v) is 2.74. The third-order valence-electron chi connectivity index (χ3n) is 3.79. The number of ether oxygens (including phenoxy) is 2. The second-order valence-electron chi connectivity index (χ2n) is 5.31. The Hall–Kier alpha value is -2.57. The van der Waals surface area contributed by atoms with Crippen molar-refractivity contribution in [1.82, 2.24) is 4.57 Å². The minimum atomic E-state index is -3.67. The maximum Gasteiger partial charge on any atom is 0.586 e. The summed E-state index contributed by atoms with van der Waals surface area (Å²) >= 11 is 0. The Morgan fingerprint density at radius 3 is 2.57 bits per heavy atom. The summed E-state index contributed by atoms with van der Waals surface area (Å²) in [6.45, 7) is 6.56. The summed E-state index contributed by atoms with van der Waals surface area (Å²) in [7, 11) is 0. The molecule has 0 aliphatic carbocycles. The third-order valence-corrected chi connectivity index (χ3v) is 3.79. The summed E-state index contributed by atoms with van der Waals surface area (Å²) in [4.78, 5) is 12.4. The van der Waals surface area contributed by atoms with Gasteiger partial charge in [0.15, 0.2) is 11.5 Å². The molecule has 0 unspecified atom stereocenters. The highest BCUT2D eigenvalue weighted by Crippen LogP contribution is 2.42. The Labute approximate surface area is 131 Å². The van der Waals surface area contributed by atoms with Crippen molar-refractivity contribution in [2.75, 3.05) is 5.32 Å². The number of amides is 1. The lowest BCUT2D eigenvalue weighted by Crippen LogP contribution is -2.25. The van der Waals surface area contributed by atoms with Crippen LogP contribution in [0.5, 0.6) is 11.5 Å². The van der Waals surface area contributed by atoms with Gasteiger partial charge >= 0.3 is 6.29 Å². The number of benzene rings is 1. The number of hydrogen-bond donors (Lipinski definition) is 1. The lowest BCUT2D eigenvalue weighted by atomic mass is 10.2. The molecule has 2 heterocycles. The topological polar surface area (TPSA) is 52.5 Å². The highest BCUT2D eigenvalue weighted by molar-refractivity contribution is 6.05. The van der Waals surface area contributed by atoms with Crippen LogP contribution in [0, 0.1) is 13.8 Å². The summed E-state index contributed by atoms with van der Waals surface area (Å²) in [6, 6.07) is 5.93. The number of nitrogens with one attached hydrogen (secondary N) is 1. The van der Waals surface area contributed by atoms with Gasteiger partial charge in [0, 0.05) is 29.7 Å². The molecule has 0 saturated heterocycles. The first-order chi connectivity index (χ1) is 10.8. The van der Waals surface area contributed by atoms with Crippen molar-refractivity contribution in [3.63, 3.8) is 0 Å². The molecule has 1 aromatic heterocycles. The fraction of sp³-hybridized carbons (Fsp3) is 0.312.